The van der Waals surface area contributed by atoms with E-state index in [0.29, 0.717) is 11.5 Å². The monoisotopic (exact) mass is 168 g/mol. The van der Waals surface area contributed by atoms with Crippen LogP contribution in [0.3, 0.4) is 0 Å². The van der Waals surface area contributed by atoms with Crippen molar-refractivity contribution in [3.8, 4) is 0 Å². The van der Waals surface area contributed by atoms with E-state index in [-0.39, 0.29) is 5.91 Å². The van der Waals surface area contributed by atoms with Crippen LogP contribution in [0.1, 0.15) is 10.5 Å². The summed E-state index contributed by atoms with van der Waals surface area (Å²) >= 11 is 0. The Balaban J connectivity index is 2.50. The summed E-state index contributed by atoms with van der Waals surface area (Å²) < 4.78 is 1.64. The fraction of sp³-hybridized carbons (Fsp3) is 0.333. The smallest absolute Gasteiger partial charge is 0.277 e. The van der Waals surface area contributed by atoms with Gasteiger partial charge in [0.2, 0.25) is 6.35 Å². The third-order valence-corrected chi connectivity index (χ3v) is 1.69. The molecule has 1 amide bonds. The van der Waals surface area contributed by atoms with Gasteiger partial charge in [0.25, 0.3) is 5.91 Å². The van der Waals surface area contributed by atoms with E-state index in [1.165, 1.54) is 6.33 Å². The lowest BCUT2D eigenvalue weighted by Gasteiger charge is -2.20. The summed E-state index contributed by atoms with van der Waals surface area (Å²) in [6.07, 6.45) is 0.482. The number of aromatic nitrogens is 2. The number of amides is 1. The van der Waals surface area contributed by atoms with E-state index in [1.807, 2.05) is 0 Å². The first-order valence-corrected chi connectivity index (χ1v) is 3.45. The molecule has 3 N–H and O–H groups in total. The van der Waals surface area contributed by atoms with Crippen molar-refractivity contribution in [3.05, 3.63) is 12.0 Å². The zero-order valence-electron chi connectivity index (χ0n) is 6.40. The van der Waals surface area contributed by atoms with E-state index in [9.17, 15) is 4.79 Å². The predicted octanol–water partition coefficient (Wildman–Crippen LogP) is -1.15. The molecule has 0 fully saturated rings. The number of imidazole rings is 1. The minimum Gasteiger partial charge on any atom is -0.356 e. The summed E-state index contributed by atoms with van der Waals surface area (Å²) in [4.78, 5) is 15.0. The van der Waals surface area contributed by atoms with Crippen LogP contribution in [0.5, 0.6) is 0 Å². The number of aryl methyl sites for hydroxylation is 1. The summed E-state index contributed by atoms with van der Waals surface area (Å²) in [5.41, 5.74) is 0.308. The average molecular weight is 168 g/mol. The number of hydrogen-bond acceptors (Lipinski definition) is 4. The van der Waals surface area contributed by atoms with Gasteiger partial charge in [-0.1, -0.05) is 0 Å². The quantitative estimate of drug-likeness (QED) is 0.457. The van der Waals surface area contributed by atoms with Crippen molar-refractivity contribution < 1.29 is 9.90 Å². The molecule has 0 radical (unpaired) electrons. The van der Waals surface area contributed by atoms with E-state index < -0.39 is 6.35 Å². The molecule has 0 spiro atoms. The van der Waals surface area contributed by atoms with Crippen molar-refractivity contribution in [3.63, 3.8) is 0 Å². The lowest BCUT2D eigenvalue weighted by Crippen LogP contribution is -2.45. The highest BCUT2D eigenvalue weighted by Crippen LogP contribution is 2.16. The molecule has 6 nitrogen and oxygen atoms in total. The van der Waals surface area contributed by atoms with E-state index in [1.54, 1.807) is 11.6 Å². The van der Waals surface area contributed by atoms with Crippen molar-refractivity contribution in [1.82, 2.24) is 14.9 Å². The van der Waals surface area contributed by atoms with Crippen molar-refractivity contribution in [1.29, 1.82) is 0 Å². The van der Waals surface area contributed by atoms with E-state index in [2.05, 4.69) is 15.6 Å². The maximum Gasteiger partial charge on any atom is 0.277 e. The maximum absolute atomic E-state index is 11.1. The Bertz CT molecular complexity index is 332. The number of nitrogens with zero attached hydrogens (tertiary/aromatic N) is 2. The van der Waals surface area contributed by atoms with Gasteiger partial charge >= 0.3 is 0 Å². The van der Waals surface area contributed by atoms with Crippen LogP contribution in [-0.4, -0.2) is 26.9 Å². The van der Waals surface area contributed by atoms with Gasteiger partial charge in [-0.25, -0.2) is 4.98 Å². The zero-order chi connectivity index (χ0) is 8.72. The molecular weight excluding hydrogens is 160 g/mol. The van der Waals surface area contributed by atoms with Crippen LogP contribution in [0.2, 0.25) is 0 Å². The molecule has 0 bridgehead atoms. The van der Waals surface area contributed by atoms with E-state index >= 15 is 0 Å². The number of aliphatic hydroxyl groups is 1. The van der Waals surface area contributed by atoms with Crippen LogP contribution in [0.25, 0.3) is 0 Å². The standard InChI is InChI=1S/C6H8N4O2/c1-10-2-7-3-4(10)8-6(12)9-5(3)11/h2,6,8,12H,1H3,(H,9,11). The molecule has 1 aromatic heterocycles. The molecule has 12 heavy (non-hydrogen) atoms. The van der Waals surface area contributed by atoms with Crippen LogP contribution in [-0.2, 0) is 7.05 Å². The predicted molar refractivity (Wildman–Crippen MR) is 40.3 cm³/mol. The molecule has 1 aromatic rings. The average Bonchev–Trinajstić information content (AvgIpc) is 2.33. The lowest BCUT2D eigenvalue weighted by atomic mass is 10.3. The van der Waals surface area contributed by atoms with Crippen LogP contribution < -0.4 is 10.6 Å². The largest absolute Gasteiger partial charge is 0.356 e. The molecule has 2 rings (SSSR count). The van der Waals surface area contributed by atoms with Gasteiger partial charge in [0, 0.05) is 7.05 Å². The highest BCUT2D eigenvalue weighted by molar-refractivity contribution is 5.98. The number of rotatable bonds is 0. The molecule has 1 unspecified atom stereocenters. The van der Waals surface area contributed by atoms with Gasteiger partial charge in [-0.05, 0) is 0 Å². The first-order chi connectivity index (χ1) is 5.68. The Kier molecular flexibility index (Phi) is 1.31. The Labute approximate surface area is 68.2 Å². The van der Waals surface area contributed by atoms with Crippen molar-refractivity contribution in [2.24, 2.45) is 7.05 Å². The molecular formula is C6H8N4O2. The normalized spacial score (nSPS) is 21.2. The van der Waals surface area contributed by atoms with Crippen LogP contribution in [0, 0.1) is 0 Å². The number of aliphatic hydroxyl groups excluding tert-OH is 1. The van der Waals surface area contributed by atoms with Gasteiger partial charge in [-0.15, -0.1) is 0 Å². The van der Waals surface area contributed by atoms with Crippen LogP contribution in [0.4, 0.5) is 5.82 Å². The highest BCUT2D eigenvalue weighted by Gasteiger charge is 2.25. The summed E-state index contributed by atoms with van der Waals surface area (Å²) in [6.45, 7) is 0. The molecule has 64 valence electrons. The van der Waals surface area contributed by atoms with Gasteiger partial charge < -0.3 is 20.3 Å². The third-order valence-electron chi connectivity index (χ3n) is 1.69. The molecule has 1 atom stereocenters. The molecule has 0 saturated heterocycles. The first-order valence-electron chi connectivity index (χ1n) is 3.45. The number of carbonyl (C=O) groups excluding carboxylic acids is 1. The summed E-state index contributed by atoms with van der Waals surface area (Å²) in [5, 5.41) is 14.0. The second kappa shape index (κ2) is 2.21. The van der Waals surface area contributed by atoms with E-state index in [0.717, 1.165) is 0 Å². The molecule has 1 aliphatic rings. The topological polar surface area (TPSA) is 79.2 Å². The highest BCUT2D eigenvalue weighted by atomic mass is 16.3. The molecule has 1 aliphatic heterocycles. The number of nitrogens with one attached hydrogen (secondary N) is 2. The Morgan fingerprint density at radius 1 is 1.67 bits per heavy atom. The molecule has 0 aliphatic carbocycles. The lowest BCUT2D eigenvalue weighted by molar-refractivity contribution is 0.0807. The van der Waals surface area contributed by atoms with Gasteiger partial charge in [0.15, 0.2) is 5.69 Å². The summed E-state index contributed by atoms with van der Waals surface area (Å²) in [7, 11) is 1.74. The number of hydrogen-bond donors (Lipinski definition) is 3. The van der Waals surface area contributed by atoms with Crippen LogP contribution in [0.15, 0.2) is 6.33 Å². The number of fused-ring (bicyclic) bond motifs is 1. The fourth-order valence-electron chi connectivity index (χ4n) is 1.12. The Hall–Kier alpha value is -1.56. The van der Waals surface area contributed by atoms with Gasteiger partial charge in [0.05, 0.1) is 6.33 Å². The van der Waals surface area contributed by atoms with Gasteiger partial charge in [-0.3, -0.25) is 4.79 Å². The van der Waals surface area contributed by atoms with Gasteiger partial charge in [-0.2, -0.15) is 0 Å². The molecule has 0 saturated carbocycles. The summed E-state index contributed by atoms with van der Waals surface area (Å²) in [5.74, 6) is 0.170. The zero-order valence-corrected chi connectivity index (χ0v) is 6.40. The minimum atomic E-state index is -1.03. The van der Waals surface area contributed by atoms with E-state index in [4.69, 9.17) is 5.11 Å². The molecule has 6 heteroatoms. The van der Waals surface area contributed by atoms with Crippen LogP contribution >= 0.6 is 0 Å². The first kappa shape index (κ1) is 7.11. The number of anilines is 1. The van der Waals surface area contributed by atoms with Gasteiger partial charge in [0.1, 0.15) is 5.82 Å². The van der Waals surface area contributed by atoms with Crippen molar-refractivity contribution in [2.45, 2.75) is 6.35 Å². The Morgan fingerprint density at radius 2 is 2.42 bits per heavy atom. The maximum atomic E-state index is 11.1. The number of carbonyl (C=O) groups is 1. The van der Waals surface area contributed by atoms with Crippen molar-refractivity contribution in [2.75, 3.05) is 5.32 Å². The minimum absolute atomic E-state index is 0.308. The second-order valence-corrected chi connectivity index (χ2v) is 2.57. The Morgan fingerprint density at radius 3 is 3.17 bits per heavy atom. The second-order valence-electron chi connectivity index (χ2n) is 2.57. The fourth-order valence-corrected chi connectivity index (χ4v) is 1.12. The third kappa shape index (κ3) is 0.850. The SMILES string of the molecule is Cn1cnc2c1NC(O)NC2=O. The summed E-state index contributed by atoms with van der Waals surface area (Å²) in [6, 6.07) is 0. The van der Waals surface area contributed by atoms with Crippen molar-refractivity contribution >= 4 is 11.7 Å². The molecule has 0 aromatic carbocycles. The molecule has 2 heterocycles.